The second-order valence-corrected chi connectivity index (χ2v) is 10.1. The number of rotatable bonds is 6. The van der Waals surface area contributed by atoms with E-state index in [-0.39, 0.29) is 23.1 Å². The zero-order valence-electron chi connectivity index (χ0n) is 18.2. The summed E-state index contributed by atoms with van der Waals surface area (Å²) in [6, 6.07) is 23.2. The predicted molar refractivity (Wildman–Crippen MR) is 141 cm³/mol. The van der Waals surface area contributed by atoms with Crippen molar-refractivity contribution in [1.82, 2.24) is 5.32 Å². The van der Waals surface area contributed by atoms with Crippen molar-refractivity contribution in [2.75, 3.05) is 4.90 Å². The average Bonchev–Trinajstić information content (AvgIpc) is 3.17. The number of nitriles is 1. The zero-order valence-corrected chi connectivity index (χ0v) is 21.3. The van der Waals surface area contributed by atoms with Gasteiger partial charge in [0, 0.05) is 17.3 Å². The Morgan fingerprint density at radius 1 is 0.971 bits per heavy atom. The first-order valence-electron chi connectivity index (χ1n) is 10.5. The highest BCUT2D eigenvalue weighted by atomic mass is 35.5. The van der Waals surface area contributed by atoms with Crippen LogP contribution in [0.5, 0.6) is 0 Å². The minimum Gasteiger partial charge on any atom is -0.347 e. The third-order valence-corrected chi connectivity index (χ3v) is 7.55. The molecular formula is C26H18Cl3N3O2S. The summed E-state index contributed by atoms with van der Waals surface area (Å²) >= 11 is 19.4. The van der Waals surface area contributed by atoms with E-state index in [1.165, 1.54) is 16.7 Å². The van der Waals surface area contributed by atoms with E-state index in [4.69, 9.17) is 34.8 Å². The Morgan fingerprint density at radius 3 is 2.34 bits per heavy atom. The molecule has 0 aromatic heterocycles. The smallest absolute Gasteiger partial charge is 0.264 e. The van der Waals surface area contributed by atoms with Crippen LogP contribution < -0.4 is 10.2 Å². The third-order valence-electron chi connectivity index (χ3n) is 5.29. The van der Waals surface area contributed by atoms with Crippen LogP contribution in [0.25, 0.3) is 0 Å². The number of benzene rings is 3. The van der Waals surface area contributed by atoms with Gasteiger partial charge in [-0.05, 0) is 53.9 Å². The van der Waals surface area contributed by atoms with E-state index in [2.05, 4.69) is 5.32 Å². The maximum Gasteiger partial charge on any atom is 0.264 e. The number of anilines is 1. The Hall–Kier alpha value is -2.95. The molecule has 0 spiro atoms. The number of hydrogen-bond acceptors (Lipinski definition) is 4. The number of carbonyl (C=O) groups is 2. The first-order chi connectivity index (χ1) is 16.9. The van der Waals surface area contributed by atoms with Gasteiger partial charge in [0.15, 0.2) is 0 Å². The molecule has 9 heteroatoms. The summed E-state index contributed by atoms with van der Waals surface area (Å²) in [5.74, 6) is -0.803. The summed E-state index contributed by atoms with van der Waals surface area (Å²) in [5.41, 5.74) is 2.09. The molecule has 176 valence electrons. The number of nitrogens with one attached hydrogen (secondary N) is 1. The summed E-state index contributed by atoms with van der Waals surface area (Å²) in [6.07, 6.45) is 0.346. The molecule has 1 aliphatic rings. The molecule has 1 saturated heterocycles. The Labute approximate surface area is 222 Å². The Morgan fingerprint density at radius 2 is 1.69 bits per heavy atom. The molecular weight excluding hydrogens is 525 g/mol. The number of amides is 2. The van der Waals surface area contributed by atoms with Gasteiger partial charge in [-0.2, -0.15) is 5.26 Å². The Kier molecular flexibility index (Phi) is 8.04. The van der Waals surface area contributed by atoms with E-state index in [1.54, 1.807) is 42.5 Å². The lowest BCUT2D eigenvalue weighted by molar-refractivity contribution is -0.117. The number of thioether (sulfide) groups is 1. The molecule has 1 N–H and O–H groups in total. The van der Waals surface area contributed by atoms with Crippen LogP contribution in [0.1, 0.15) is 11.1 Å². The van der Waals surface area contributed by atoms with Crippen molar-refractivity contribution in [3.63, 3.8) is 0 Å². The summed E-state index contributed by atoms with van der Waals surface area (Å²) in [5, 5.41) is 13.7. The monoisotopic (exact) mass is 541 g/mol. The quantitative estimate of drug-likeness (QED) is 0.289. The fraction of sp³-hybridized carbons (Fsp3) is 0.115. The van der Waals surface area contributed by atoms with Crippen molar-refractivity contribution in [2.45, 2.75) is 18.2 Å². The topological polar surface area (TPSA) is 73.2 Å². The molecule has 4 rings (SSSR count). The van der Waals surface area contributed by atoms with Crippen LogP contribution in [0.2, 0.25) is 15.1 Å². The van der Waals surface area contributed by atoms with E-state index in [0.29, 0.717) is 27.2 Å². The van der Waals surface area contributed by atoms with Crippen LogP contribution in [0.15, 0.2) is 83.4 Å². The van der Waals surface area contributed by atoms with Crippen molar-refractivity contribution in [3.05, 3.63) is 110 Å². The third kappa shape index (κ3) is 5.83. The lowest BCUT2D eigenvalue weighted by Gasteiger charge is -2.19. The molecule has 1 fully saturated rings. The van der Waals surface area contributed by atoms with Gasteiger partial charge in [0.05, 0.1) is 15.3 Å². The van der Waals surface area contributed by atoms with Crippen LogP contribution in [-0.2, 0) is 22.6 Å². The molecule has 2 amide bonds. The minimum atomic E-state index is -0.566. The maximum atomic E-state index is 13.5. The Balaban J connectivity index is 1.67. The zero-order chi connectivity index (χ0) is 24.9. The number of nitrogens with zero attached hydrogens (tertiary/aromatic N) is 2. The van der Waals surface area contributed by atoms with Gasteiger partial charge in [0.1, 0.15) is 16.7 Å². The number of carbonyl (C=O) groups excluding carboxylic acids is 2. The molecule has 1 heterocycles. The van der Waals surface area contributed by atoms with Crippen LogP contribution in [0.4, 0.5) is 5.69 Å². The molecule has 0 bridgehead atoms. The van der Waals surface area contributed by atoms with Gasteiger partial charge in [-0.25, -0.2) is 0 Å². The van der Waals surface area contributed by atoms with Crippen LogP contribution >= 0.6 is 46.6 Å². The molecule has 5 nitrogen and oxygen atoms in total. The van der Waals surface area contributed by atoms with E-state index in [0.717, 1.165) is 11.1 Å². The SMILES string of the molecule is N#CC(C(=O)NCc1ccccc1)=C1SC(Cc2ccc(Cl)c(Cl)c2)C(=O)N1c1ccc(Cl)cc1. The lowest BCUT2D eigenvalue weighted by Crippen LogP contribution is -2.32. The van der Waals surface area contributed by atoms with Crippen molar-refractivity contribution < 1.29 is 9.59 Å². The van der Waals surface area contributed by atoms with Gasteiger partial charge in [0.25, 0.3) is 5.91 Å². The molecule has 3 aromatic rings. The summed E-state index contributed by atoms with van der Waals surface area (Å²) in [7, 11) is 0. The maximum absolute atomic E-state index is 13.5. The second-order valence-electron chi connectivity index (χ2n) is 7.67. The lowest BCUT2D eigenvalue weighted by atomic mass is 10.1. The normalized spacial score (nSPS) is 16.7. The molecule has 0 radical (unpaired) electrons. The van der Waals surface area contributed by atoms with Gasteiger partial charge in [-0.1, -0.05) is 83.0 Å². The van der Waals surface area contributed by atoms with Gasteiger partial charge >= 0.3 is 0 Å². The molecule has 0 saturated carbocycles. The van der Waals surface area contributed by atoms with E-state index in [9.17, 15) is 14.9 Å². The van der Waals surface area contributed by atoms with Crippen LogP contribution in [0.3, 0.4) is 0 Å². The highest BCUT2D eigenvalue weighted by Crippen LogP contribution is 2.42. The van der Waals surface area contributed by atoms with E-state index < -0.39 is 11.2 Å². The summed E-state index contributed by atoms with van der Waals surface area (Å²) < 4.78 is 0. The van der Waals surface area contributed by atoms with Gasteiger partial charge in [-0.3, -0.25) is 14.5 Å². The summed E-state index contributed by atoms with van der Waals surface area (Å²) in [6.45, 7) is 0.254. The fourth-order valence-corrected chi connectivity index (χ4v) is 5.31. The second kappa shape index (κ2) is 11.2. The first kappa shape index (κ1) is 25.2. The predicted octanol–water partition coefficient (Wildman–Crippen LogP) is 6.39. The minimum absolute atomic E-state index is 0.133. The molecule has 1 aliphatic heterocycles. The highest BCUT2D eigenvalue weighted by molar-refractivity contribution is 8.05. The number of halogens is 3. The molecule has 35 heavy (non-hydrogen) atoms. The van der Waals surface area contributed by atoms with Crippen molar-refractivity contribution in [3.8, 4) is 6.07 Å². The van der Waals surface area contributed by atoms with Crippen LogP contribution in [-0.4, -0.2) is 17.1 Å². The number of hydrogen-bond donors (Lipinski definition) is 1. The molecule has 1 atom stereocenters. The van der Waals surface area contributed by atoms with Crippen LogP contribution in [0, 0.1) is 11.3 Å². The van der Waals surface area contributed by atoms with Gasteiger partial charge in [0.2, 0.25) is 5.91 Å². The summed E-state index contributed by atoms with van der Waals surface area (Å²) in [4.78, 5) is 27.9. The Bertz CT molecular complexity index is 1340. The van der Waals surface area contributed by atoms with Gasteiger partial charge < -0.3 is 5.32 Å². The van der Waals surface area contributed by atoms with Crippen molar-refractivity contribution in [2.24, 2.45) is 0 Å². The molecule has 3 aromatic carbocycles. The van der Waals surface area contributed by atoms with Gasteiger partial charge in [-0.15, -0.1) is 0 Å². The largest absolute Gasteiger partial charge is 0.347 e. The van der Waals surface area contributed by atoms with Crippen molar-refractivity contribution in [1.29, 1.82) is 5.26 Å². The molecule has 0 aliphatic carbocycles. The van der Waals surface area contributed by atoms with Crippen molar-refractivity contribution >= 4 is 64.1 Å². The average molecular weight is 543 g/mol. The first-order valence-corrected chi connectivity index (χ1v) is 12.6. The molecule has 1 unspecified atom stereocenters. The fourth-order valence-electron chi connectivity index (χ4n) is 3.56. The highest BCUT2D eigenvalue weighted by Gasteiger charge is 2.40. The van der Waals surface area contributed by atoms with E-state index >= 15 is 0 Å². The standard InChI is InChI=1S/C26H18Cl3N3O2S/c27-18-7-9-19(10-8-18)32-25(34)23(13-17-6-11-21(28)22(29)12-17)35-26(32)20(14-30)24(33)31-15-16-4-2-1-3-5-16/h1-12,23H,13,15H2,(H,31,33). The van der Waals surface area contributed by atoms with E-state index in [1.807, 2.05) is 36.4 Å².